The van der Waals surface area contributed by atoms with Gasteiger partial charge in [-0.1, -0.05) is 86.7 Å². The smallest absolute Gasteiger partial charge is 0.404 e. The lowest BCUT2D eigenvalue weighted by Gasteiger charge is -2.27. The summed E-state index contributed by atoms with van der Waals surface area (Å²) >= 11 is 0. The van der Waals surface area contributed by atoms with Crippen molar-refractivity contribution in [3.05, 3.63) is 91.0 Å². The van der Waals surface area contributed by atoms with Gasteiger partial charge in [0.1, 0.15) is 23.2 Å². The van der Waals surface area contributed by atoms with Crippen LogP contribution in [0.3, 0.4) is 0 Å². The largest absolute Gasteiger partial charge is 1.00 e. The molecule has 0 heterocycles. The molecule has 3 aromatic carbocycles. The van der Waals surface area contributed by atoms with Crippen molar-refractivity contribution >= 4 is 29.3 Å². The number of amides is 1. The van der Waals surface area contributed by atoms with Gasteiger partial charge in [0.05, 0.1) is 6.16 Å². The number of carboxylic acid groups (broad SMARTS) is 1. The van der Waals surface area contributed by atoms with Crippen molar-refractivity contribution < 1.29 is 26.9 Å². The molecule has 0 aromatic heterocycles. The Labute approximate surface area is 216 Å². The molecule has 0 saturated heterocycles. The number of hydrogen-bond acceptors (Lipinski definition) is 1. The molecule has 0 atom stereocenters. The zero-order valence-corrected chi connectivity index (χ0v) is 22.4. The van der Waals surface area contributed by atoms with Crippen LogP contribution in [0.5, 0.6) is 0 Å². The number of carbonyl (C=O) groups is 1. The van der Waals surface area contributed by atoms with Crippen LogP contribution in [-0.2, 0) is 0 Å². The van der Waals surface area contributed by atoms with Crippen molar-refractivity contribution in [2.75, 3.05) is 12.7 Å². The average molecular weight is 542 g/mol. The van der Waals surface area contributed by atoms with Gasteiger partial charge in [-0.15, -0.1) is 0 Å². The number of halogens is 1. The molecule has 0 spiro atoms. The van der Waals surface area contributed by atoms with Gasteiger partial charge in [0.2, 0.25) is 0 Å². The summed E-state index contributed by atoms with van der Waals surface area (Å²) in [4.78, 5) is 10.5. The fraction of sp³-hybridized carbons (Fsp3) is 0.345. The first-order valence-corrected chi connectivity index (χ1v) is 14.2. The Morgan fingerprint density at radius 2 is 0.941 bits per heavy atom. The summed E-state index contributed by atoms with van der Waals surface area (Å²) in [6.07, 6.45) is 9.77. The minimum Gasteiger partial charge on any atom is -1.00 e. The zero-order chi connectivity index (χ0) is 23.2. The second kappa shape index (κ2) is 15.7. The Morgan fingerprint density at radius 1 is 0.588 bits per heavy atom. The summed E-state index contributed by atoms with van der Waals surface area (Å²) in [5, 5.41) is 15.5. The molecule has 0 unspecified atom stereocenters. The summed E-state index contributed by atoms with van der Waals surface area (Å²) in [6.45, 7) is 0.569. The van der Waals surface area contributed by atoms with Gasteiger partial charge in [-0.3, -0.25) is 0 Å². The summed E-state index contributed by atoms with van der Waals surface area (Å²) in [5.74, 6) is 0. The van der Waals surface area contributed by atoms with E-state index in [0.717, 1.165) is 12.8 Å². The maximum Gasteiger partial charge on any atom is 0.404 e. The molecule has 0 bridgehead atoms. The Morgan fingerprint density at radius 3 is 1.32 bits per heavy atom. The first-order chi connectivity index (χ1) is 16.2. The second-order valence-corrected chi connectivity index (χ2v) is 12.2. The molecular weight excluding hydrogens is 505 g/mol. The van der Waals surface area contributed by atoms with Crippen LogP contribution in [-0.4, -0.2) is 23.9 Å². The highest BCUT2D eigenvalue weighted by Gasteiger charge is 2.44. The monoisotopic (exact) mass is 541 g/mol. The van der Waals surface area contributed by atoms with Crippen LogP contribution in [0.15, 0.2) is 91.0 Å². The van der Waals surface area contributed by atoms with Crippen molar-refractivity contribution in [2.24, 2.45) is 0 Å². The highest BCUT2D eigenvalue weighted by Crippen LogP contribution is 2.55. The van der Waals surface area contributed by atoms with E-state index in [1.807, 2.05) is 0 Å². The molecule has 0 aliphatic rings. The fourth-order valence-corrected chi connectivity index (χ4v) is 9.02. The highest BCUT2D eigenvalue weighted by atomic mass is 79.9. The Balaban J connectivity index is 0.00000408. The van der Waals surface area contributed by atoms with E-state index in [0.29, 0.717) is 6.54 Å². The number of benzene rings is 3. The molecule has 0 radical (unpaired) electrons. The summed E-state index contributed by atoms with van der Waals surface area (Å²) in [7, 11) is -1.69. The van der Waals surface area contributed by atoms with Crippen molar-refractivity contribution in [2.45, 2.75) is 51.4 Å². The minimum atomic E-state index is -1.69. The molecule has 0 saturated carbocycles. The van der Waals surface area contributed by atoms with Crippen LogP contribution < -0.4 is 38.2 Å². The topological polar surface area (TPSA) is 49.3 Å². The van der Waals surface area contributed by atoms with Crippen molar-refractivity contribution in [3.8, 4) is 0 Å². The molecule has 3 aromatic rings. The maximum atomic E-state index is 10.5. The van der Waals surface area contributed by atoms with Gasteiger partial charge >= 0.3 is 6.09 Å². The van der Waals surface area contributed by atoms with Gasteiger partial charge in [-0.2, -0.15) is 0 Å². The lowest BCUT2D eigenvalue weighted by Crippen LogP contribution is -3.00. The predicted octanol–water partition coefficient (Wildman–Crippen LogP) is 3.37. The van der Waals surface area contributed by atoms with Crippen LogP contribution in [0.4, 0.5) is 4.79 Å². The molecule has 3 rings (SSSR count). The molecule has 0 aliphatic heterocycles. The van der Waals surface area contributed by atoms with Crippen molar-refractivity contribution in [3.63, 3.8) is 0 Å². The third-order valence-corrected chi connectivity index (χ3v) is 10.8. The summed E-state index contributed by atoms with van der Waals surface area (Å²) < 4.78 is 0. The second-order valence-electron chi connectivity index (χ2n) is 8.60. The zero-order valence-electron chi connectivity index (χ0n) is 19.9. The van der Waals surface area contributed by atoms with E-state index in [1.54, 1.807) is 0 Å². The quantitative estimate of drug-likeness (QED) is 0.243. The van der Waals surface area contributed by atoms with Crippen LogP contribution in [0.25, 0.3) is 0 Å². The average Bonchev–Trinajstić information content (AvgIpc) is 2.86. The first-order valence-electron chi connectivity index (χ1n) is 12.3. The van der Waals surface area contributed by atoms with E-state index in [-0.39, 0.29) is 17.0 Å². The molecule has 182 valence electrons. The molecule has 5 heteroatoms. The normalized spacial score (nSPS) is 10.9. The first kappa shape index (κ1) is 28.1. The van der Waals surface area contributed by atoms with Gasteiger partial charge in [0, 0.05) is 6.54 Å². The molecule has 0 fully saturated rings. The van der Waals surface area contributed by atoms with Crippen LogP contribution in [0.2, 0.25) is 0 Å². The summed E-state index contributed by atoms with van der Waals surface area (Å²) in [6, 6.07) is 33.4. The van der Waals surface area contributed by atoms with E-state index in [1.165, 1.54) is 60.6 Å². The van der Waals surface area contributed by atoms with Gasteiger partial charge < -0.3 is 27.4 Å². The van der Waals surface area contributed by atoms with Crippen LogP contribution in [0, 0.1) is 0 Å². The molecular formula is C29H37BrNO2P. The van der Waals surface area contributed by atoms with Crippen molar-refractivity contribution in [1.82, 2.24) is 5.32 Å². The van der Waals surface area contributed by atoms with Crippen molar-refractivity contribution in [1.29, 1.82) is 0 Å². The van der Waals surface area contributed by atoms with E-state index >= 15 is 0 Å². The van der Waals surface area contributed by atoms with Crippen LogP contribution >= 0.6 is 7.26 Å². The maximum absolute atomic E-state index is 10.5. The van der Waals surface area contributed by atoms with E-state index < -0.39 is 13.4 Å². The third-order valence-electron chi connectivity index (χ3n) is 6.29. The van der Waals surface area contributed by atoms with Crippen LogP contribution in [0.1, 0.15) is 51.4 Å². The Hall–Kier alpha value is -2.16. The van der Waals surface area contributed by atoms with E-state index in [9.17, 15) is 4.79 Å². The molecule has 34 heavy (non-hydrogen) atoms. The number of hydrogen-bond donors (Lipinski definition) is 2. The Bertz CT molecular complexity index is 841. The number of rotatable bonds is 14. The fourth-order valence-electron chi connectivity index (χ4n) is 4.61. The SMILES string of the molecule is O=C(O)NCCCCCCCCCC[P+](c1ccccc1)(c1ccccc1)c1ccccc1.[Br-]. The van der Waals surface area contributed by atoms with E-state index in [4.69, 9.17) is 5.11 Å². The number of unbranched alkanes of at least 4 members (excludes halogenated alkanes) is 7. The van der Waals surface area contributed by atoms with Gasteiger partial charge in [-0.25, -0.2) is 4.79 Å². The minimum absolute atomic E-state index is 0. The van der Waals surface area contributed by atoms with Gasteiger partial charge in [0.25, 0.3) is 0 Å². The van der Waals surface area contributed by atoms with Gasteiger partial charge in [0.15, 0.2) is 0 Å². The lowest BCUT2D eigenvalue weighted by molar-refractivity contribution is -0.0000129. The standard InChI is InChI=1S/C29H36NO2P.BrH/c31-29(32)30-24-16-5-3-1-2-4-6-17-25-33(26-18-10-7-11-19-26,27-20-12-8-13-21-27)28-22-14-9-15-23-28;/h7-15,18-23,30H,1-6,16-17,24-25H2;1H. The lowest BCUT2D eigenvalue weighted by atomic mass is 10.1. The predicted molar refractivity (Wildman–Crippen MR) is 143 cm³/mol. The van der Waals surface area contributed by atoms with Gasteiger partial charge in [-0.05, 0) is 55.7 Å². The summed E-state index contributed by atoms with van der Waals surface area (Å²) in [5.41, 5.74) is 0. The highest BCUT2D eigenvalue weighted by molar-refractivity contribution is 7.95. The Kier molecular flexibility index (Phi) is 13.0. The number of nitrogens with one attached hydrogen (secondary N) is 1. The molecule has 1 amide bonds. The van der Waals surface area contributed by atoms with E-state index in [2.05, 4.69) is 96.3 Å². The molecule has 0 aliphatic carbocycles. The molecule has 2 N–H and O–H groups in total. The third kappa shape index (κ3) is 8.25. The molecule has 3 nitrogen and oxygen atoms in total.